The van der Waals surface area contributed by atoms with Crippen molar-refractivity contribution in [2.45, 2.75) is 18.5 Å². The van der Waals surface area contributed by atoms with Crippen molar-refractivity contribution in [1.29, 1.82) is 0 Å². The summed E-state index contributed by atoms with van der Waals surface area (Å²) in [5.41, 5.74) is 2.03. The third-order valence-corrected chi connectivity index (χ3v) is 4.35. The fraction of sp³-hybridized carbons (Fsp3) is 0.200. The van der Waals surface area contributed by atoms with Crippen molar-refractivity contribution >= 4 is 20.9 Å². The van der Waals surface area contributed by atoms with Crippen LogP contribution in [0.2, 0.25) is 0 Å². The Bertz CT molecular complexity index is 974. The van der Waals surface area contributed by atoms with Gasteiger partial charge in [-0.25, -0.2) is 18.5 Å². The van der Waals surface area contributed by atoms with Crippen molar-refractivity contribution in [3.63, 3.8) is 0 Å². The molecule has 2 N–H and O–H groups in total. The van der Waals surface area contributed by atoms with E-state index >= 15 is 0 Å². The number of aromatic nitrogens is 3. The van der Waals surface area contributed by atoms with E-state index in [0.29, 0.717) is 17.0 Å². The Morgan fingerprint density at radius 2 is 2.00 bits per heavy atom. The first kappa shape index (κ1) is 15.4. The van der Waals surface area contributed by atoms with Gasteiger partial charge in [0, 0.05) is 23.5 Å². The zero-order chi connectivity index (χ0) is 16.6. The molecule has 1 aromatic carbocycles. The van der Waals surface area contributed by atoms with Crippen LogP contribution in [0.5, 0.6) is 5.75 Å². The summed E-state index contributed by atoms with van der Waals surface area (Å²) in [6.45, 7) is 2.00. The number of primary sulfonamides is 1. The second-order valence-corrected chi connectivity index (χ2v) is 6.42. The Morgan fingerprint density at radius 3 is 2.65 bits per heavy atom. The van der Waals surface area contributed by atoms with Crippen molar-refractivity contribution in [3.8, 4) is 11.4 Å². The quantitative estimate of drug-likeness (QED) is 0.783. The molecule has 0 bridgehead atoms. The number of aryl methyl sites for hydroxylation is 1. The summed E-state index contributed by atoms with van der Waals surface area (Å²) in [5, 5.41) is 5.87. The van der Waals surface area contributed by atoms with Gasteiger partial charge in [0.05, 0.1) is 12.6 Å². The second kappa shape index (κ2) is 5.64. The van der Waals surface area contributed by atoms with E-state index in [-0.39, 0.29) is 5.16 Å². The Kier molecular flexibility index (Phi) is 3.78. The van der Waals surface area contributed by atoms with Crippen molar-refractivity contribution in [1.82, 2.24) is 14.5 Å². The Labute approximate surface area is 133 Å². The smallest absolute Gasteiger partial charge is 0.272 e. The lowest BCUT2D eigenvalue weighted by molar-refractivity contribution is 0.412. The van der Waals surface area contributed by atoms with Crippen LogP contribution in [-0.2, 0) is 16.4 Å². The molecule has 23 heavy (non-hydrogen) atoms. The molecule has 8 heteroatoms. The summed E-state index contributed by atoms with van der Waals surface area (Å²) in [7, 11) is -2.46. The first-order valence-corrected chi connectivity index (χ1v) is 8.53. The van der Waals surface area contributed by atoms with Gasteiger partial charge < -0.3 is 4.74 Å². The minimum atomic E-state index is -3.98. The molecule has 0 saturated heterocycles. The molecule has 0 aliphatic carbocycles. The third kappa shape index (κ3) is 2.66. The van der Waals surface area contributed by atoms with E-state index in [4.69, 9.17) is 9.88 Å². The van der Waals surface area contributed by atoms with E-state index < -0.39 is 10.0 Å². The number of methoxy groups -OCH3 is 1. The number of hydrogen-bond donors (Lipinski definition) is 1. The molecule has 0 unspecified atom stereocenters. The number of ether oxygens (including phenoxy) is 1. The minimum absolute atomic E-state index is 0.257. The monoisotopic (exact) mass is 332 g/mol. The van der Waals surface area contributed by atoms with Crippen LogP contribution in [0.15, 0.2) is 41.8 Å². The lowest BCUT2D eigenvalue weighted by atomic mass is 10.1. The SMILES string of the molecule is CCc1ccc2ccc(OC)c(-n3ccnc3S(N)(=O)=O)c2n1. The normalized spacial score (nSPS) is 11.8. The van der Waals surface area contributed by atoms with Crippen molar-refractivity contribution < 1.29 is 13.2 Å². The summed E-state index contributed by atoms with van der Waals surface area (Å²) in [6.07, 6.45) is 3.66. The maximum atomic E-state index is 11.8. The van der Waals surface area contributed by atoms with Crippen LogP contribution in [0.4, 0.5) is 0 Å². The highest BCUT2D eigenvalue weighted by Gasteiger charge is 2.21. The topological polar surface area (TPSA) is 100 Å². The molecular weight excluding hydrogens is 316 g/mol. The van der Waals surface area contributed by atoms with Gasteiger partial charge in [0.15, 0.2) is 0 Å². The number of hydrogen-bond acceptors (Lipinski definition) is 5. The maximum Gasteiger partial charge on any atom is 0.272 e. The number of nitrogens with zero attached hydrogens (tertiary/aromatic N) is 3. The zero-order valence-electron chi connectivity index (χ0n) is 12.7. The van der Waals surface area contributed by atoms with Gasteiger partial charge in [-0.3, -0.25) is 9.55 Å². The number of fused-ring (bicyclic) bond motifs is 1. The van der Waals surface area contributed by atoms with E-state index in [2.05, 4.69) is 9.97 Å². The van der Waals surface area contributed by atoms with E-state index in [9.17, 15) is 8.42 Å². The Balaban J connectivity index is 2.42. The van der Waals surface area contributed by atoms with Crippen LogP contribution in [0.3, 0.4) is 0 Å². The van der Waals surface area contributed by atoms with E-state index in [1.165, 1.54) is 24.1 Å². The van der Waals surface area contributed by atoms with Crippen LogP contribution >= 0.6 is 0 Å². The first-order chi connectivity index (χ1) is 11.0. The molecule has 120 valence electrons. The van der Waals surface area contributed by atoms with Gasteiger partial charge in [-0.2, -0.15) is 0 Å². The molecule has 2 heterocycles. The van der Waals surface area contributed by atoms with Crippen LogP contribution in [0, 0.1) is 0 Å². The molecule has 0 aliphatic rings. The standard InChI is InChI=1S/C15H16N4O3S/c1-3-11-6-4-10-5-7-12(22-2)14(13(10)18-11)19-9-8-17-15(19)23(16,20)21/h4-9H,3H2,1-2H3,(H2,16,20,21). The van der Waals surface area contributed by atoms with E-state index in [1.807, 2.05) is 25.1 Å². The number of nitrogens with two attached hydrogens (primary N) is 1. The lowest BCUT2D eigenvalue weighted by Crippen LogP contribution is -2.18. The van der Waals surface area contributed by atoms with E-state index in [0.717, 1.165) is 17.5 Å². The second-order valence-electron chi connectivity index (χ2n) is 4.97. The molecule has 3 aromatic rings. The Morgan fingerprint density at radius 1 is 1.26 bits per heavy atom. The van der Waals surface area contributed by atoms with Crippen molar-refractivity contribution in [2.24, 2.45) is 5.14 Å². The number of rotatable bonds is 4. The predicted octanol–water partition coefficient (Wildman–Crippen LogP) is 1.64. The predicted molar refractivity (Wildman–Crippen MR) is 86.2 cm³/mol. The van der Waals surface area contributed by atoms with Crippen molar-refractivity contribution in [3.05, 3.63) is 42.4 Å². The van der Waals surface area contributed by atoms with Gasteiger partial charge in [-0.05, 0) is 24.6 Å². The molecule has 2 aromatic heterocycles. The van der Waals surface area contributed by atoms with Gasteiger partial charge in [0.2, 0.25) is 5.16 Å². The van der Waals surface area contributed by atoms with Gasteiger partial charge in [-0.15, -0.1) is 0 Å². The lowest BCUT2D eigenvalue weighted by Gasteiger charge is -2.14. The molecular formula is C15H16N4O3S. The summed E-state index contributed by atoms with van der Waals surface area (Å²) < 4.78 is 30.3. The third-order valence-electron chi connectivity index (χ3n) is 3.54. The molecule has 0 saturated carbocycles. The number of sulfonamides is 1. The van der Waals surface area contributed by atoms with Gasteiger partial charge in [0.1, 0.15) is 11.4 Å². The maximum absolute atomic E-state index is 11.8. The number of imidazole rings is 1. The highest BCUT2D eigenvalue weighted by Crippen LogP contribution is 2.32. The van der Waals surface area contributed by atoms with Crippen LogP contribution in [0.1, 0.15) is 12.6 Å². The highest BCUT2D eigenvalue weighted by atomic mass is 32.2. The average molecular weight is 332 g/mol. The number of benzene rings is 1. The molecule has 3 rings (SSSR count). The first-order valence-electron chi connectivity index (χ1n) is 6.99. The molecule has 0 spiro atoms. The summed E-state index contributed by atoms with van der Waals surface area (Å²) in [4.78, 5) is 8.47. The summed E-state index contributed by atoms with van der Waals surface area (Å²) in [6, 6.07) is 7.51. The molecule has 0 aliphatic heterocycles. The molecule has 0 atom stereocenters. The van der Waals surface area contributed by atoms with Crippen molar-refractivity contribution in [2.75, 3.05) is 7.11 Å². The van der Waals surface area contributed by atoms with Gasteiger partial charge in [-0.1, -0.05) is 13.0 Å². The fourth-order valence-electron chi connectivity index (χ4n) is 2.46. The van der Waals surface area contributed by atoms with Crippen LogP contribution in [-0.4, -0.2) is 30.1 Å². The molecule has 0 amide bonds. The van der Waals surface area contributed by atoms with Crippen LogP contribution < -0.4 is 9.88 Å². The molecule has 0 radical (unpaired) electrons. The van der Waals surface area contributed by atoms with Gasteiger partial charge >= 0.3 is 0 Å². The average Bonchev–Trinajstić information content (AvgIpc) is 3.02. The summed E-state index contributed by atoms with van der Waals surface area (Å²) >= 11 is 0. The highest BCUT2D eigenvalue weighted by molar-refractivity contribution is 7.89. The van der Waals surface area contributed by atoms with E-state index in [1.54, 1.807) is 6.07 Å². The van der Waals surface area contributed by atoms with Crippen LogP contribution in [0.25, 0.3) is 16.6 Å². The molecule has 7 nitrogen and oxygen atoms in total. The molecule has 0 fully saturated rings. The number of pyridine rings is 1. The summed E-state index contributed by atoms with van der Waals surface area (Å²) in [5.74, 6) is 0.487. The minimum Gasteiger partial charge on any atom is -0.494 e. The van der Waals surface area contributed by atoms with Gasteiger partial charge in [0.25, 0.3) is 10.0 Å². The largest absolute Gasteiger partial charge is 0.494 e. The fourth-order valence-corrected chi connectivity index (χ4v) is 3.09. The Hall–Kier alpha value is -2.45. The zero-order valence-corrected chi connectivity index (χ0v) is 13.5.